The summed E-state index contributed by atoms with van der Waals surface area (Å²) in [6, 6.07) is 8.00. The topological polar surface area (TPSA) is 65.1 Å². The molecule has 2 saturated heterocycles. The van der Waals surface area contributed by atoms with Gasteiger partial charge in [0.2, 0.25) is 5.91 Å². The summed E-state index contributed by atoms with van der Waals surface area (Å²) in [7, 11) is 0. The van der Waals surface area contributed by atoms with Crippen molar-refractivity contribution in [1.82, 2.24) is 15.1 Å². The van der Waals surface area contributed by atoms with Crippen molar-refractivity contribution in [2.45, 2.75) is 31.9 Å². The van der Waals surface area contributed by atoms with Gasteiger partial charge < -0.3 is 19.9 Å². The summed E-state index contributed by atoms with van der Waals surface area (Å²) in [6.07, 6.45) is 0.877. The molecule has 2 fully saturated rings. The van der Waals surface area contributed by atoms with Crippen molar-refractivity contribution in [3.63, 3.8) is 0 Å². The molecule has 0 saturated carbocycles. The lowest BCUT2D eigenvalue weighted by atomic mass is 10.1. The van der Waals surface area contributed by atoms with Crippen LogP contribution in [0.25, 0.3) is 0 Å². The number of halogens is 1. The Hall–Kier alpha value is -1.83. The average Bonchev–Trinajstić information content (AvgIpc) is 3.19. The molecule has 3 heterocycles. The van der Waals surface area contributed by atoms with Crippen molar-refractivity contribution in [2.75, 3.05) is 50.7 Å². The summed E-state index contributed by atoms with van der Waals surface area (Å²) in [5, 5.41) is 3.37. The second kappa shape index (κ2) is 9.11. The Morgan fingerprint density at radius 3 is 2.75 bits per heavy atom. The molecule has 2 amide bonds. The molecular formula is C20H29ClN4O3. The fourth-order valence-corrected chi connectivity index (χ4v) is 4.27. The van der Waals surface area contributed by atoms with Crippen LogP contribution in [0.4, 0.5) is 5.69 Å². The van der Waals surface area contributed by atoms with E-state index in [1.807, 2.05) is 29.2 Å². The fourth-order valence-electron chi connectivity index (χ4n) is 4.27. The van der Waals surface area contributed by atoms with Crippen LogP contribution >= 0.6 is 12.4 Å². The Labute approximate surface area is 172 Å². The highest BCUT2D eigenvalue weighted by atomic mass is 35.5. The number of nitrogens with one attached hydrogen (secondary N) is 1. The lowest BCUT2D eigenvalue weighted by molar-refractivity contribution is -0.130. The van der Waals surface area contributed by atoms with Crippen LogP contribution in [0, 0.1) is 0 Å². The molecule has 4 rings (SSSR count). The molecule has 154 valence electrons. The first-order valence-corrected chi connectivity index (χ1v) is 9.93. The third-order valence-corrected chi connectivity index (χ3v) is 5.81. The molecule has 0 aromatic heterocycles. The predicted molar refractivity (Wildman–Crippen MR) is 110 cm³/mol. The number of carbonyl (C=O) groups excluding carboxylic acids is 2. The summed E-state index contributed by atoms with van der Waals surface area (Å²) in [4.78, 5) is 31.4. The number of carbonyl (C=O) groups is 2. The lowest BCUT2D eigenvalue weighted by Gasteiger charge is -2.33. The highest BCUT2D eigenvalue weighted by molar-refractivity contribution is 6.00. The molecule has 0 radical (unpaired) electrons. The van der Waals surface area contributed by atoms with Gasteiger partial charge in [0.1, 0.15) is 5.75 Å². The number of hydrogen-bond acceptors (Lipinski definition) is 5. The second-order valence-corrected chi connectivity index (χ2v) is 7.54. The summed E-state index contributed by atoms with van der Waals surface area (Å²) in [5.41, 5.74) is 0.758. The Balaban J connectivity index is 0.00000225. The maximum absolute atomic E-state index is 12.7. The smallest absolute Gasteiger partial charge is 0.267 e. The van der Waals surface area contributed by atoms with Crippen molar-refractivity contribution in [3.05, 3.63) is 24.3 Å². The van der Waals surface area contributed by atoms with E-state index in [1.165, 1.54) is 0 Å². The largest absolute Gasteiger partial charge is 0.479 e. The van der Waals surface area contributed by atoms with Crippen molar-refractivity contribution in [2.24, 2.45) is 0 Å². The molecule has 28 heavy (non-hydrogen) atoms. The van der Waals surface area contributed by atoms with E-state index in [-0.39, 0.29) is 24.2 Å². The number of amides is 2. The molecule has 7 nitrogen and oxygen atoms in total. The summed E-state index contributed by atoms with van der Waals surface area (Å²) < 4.78 is 5.66. The lowest BCUT2D eigenvalue weighted by Crippen LogP contribution is -2.49. The van der Waals surface area contributed by atoms with Gasteiger partial charge in [-0.15, -0.1) is 12.4 Å². The van der Waals surface area contributed by atoms with Gasteiger partial charge in [-0.1, -0.05) is 12.1 Å². The normalized spacial score (nSPS) is 25.1. The number of likely N-dealkylation sites (tertiary alicyclic amines) is 1. The van der Waals surface area contributed by atoms with Gasteiger partial charge in [-0.2, -0.15) is 0 Å². The van der Waals surface area contributed by atoms with Crippen LogP contribution in [-0.4, -0.2) is 79.6 Å². The predicted octanol–water partition coefficient (Wildman–Crippen LogP) is 1.12. The standard InChI is InChI=1S/C20H28N4O3.ClH/c1-15-20(26)24(17-4-2-3-5-18(17)27-15)11-7-19(25)23-10-6-16(14-23)22-12-8-21-9-13-22;/h2-5,15-16,21H,6-14H2,1H3;1H. The number of para-hydroxylation sites is 2. The number of fused-ring (bicyclic) bond motifs is 1. The molecule has 1 N–H and O–H groups in total. The number of anilines is 1. The molecule has 0 bridgehead atoms. The van der Waals surface area contributed by atoms with E-state index in [0.29, 0.717) is 24.8 Å². The summed E-state index contributed by atoms with van der Waals surface area (Å²) >= 11 is 0. The third-order valence-electron chi connectivity index (χ3n) is 5.81. The second-order valence-electron chi connectivity index (χ2n) is 7.54. The molecule has 0 aliphatic carbocycles. The quantitative estimate of drug-likeness (QED) is 0.808. The SMILES string of the molecule is CC1Oc2ccccc2N(CCC(=O)N2CCC(N3CCNCC3)C2)C1=O.Cl. The van der Waals surface area contributed by atoms with Crippen LogP contribution in [0.2, 0.25) is 0 Å². The van der Waals surface area contributed by atoms with Crippen molar-refractivity contribution < 1.29 is 14.3 Å². The van der Waals surface area contributed by atoms with Crippen LogP contribution in [0.5, 0.6) is 5.75 Å². The third kappa shape index (κ3) is 4.26. The van der Waals surface area contributed by atoms with Crippen molar-refractivity contribution >= 4 is 29.9 Å². The summed E-state index contributed by atoms with van der Waals surface area (Å²) in [6.45, 7) is 7.96. The van der Waals surface area contributed by atoms with Gasteiger partial charge in [0, 0.05) is 58.3 Å². The van der Waals surface area contributed by atoms with Gasteiger partial charge in [0.15, 0.2) is 6.10 Å². The monoisotopic (exact) mass is 408 g/mol. The molecular weight excluding hydrogens is 380 g/mol. The maximum Gasteiger partial charge on any atom is 0.267 e. The molecule has 1 aromatic carbocycles. The molecule has 2 atom stereocenters. The first-order chi connectivity index (χ1) is 13.1. The van der Waals surface area contributed by atoms with Crippen LogP contribution < -0.4 is 15.0 Å². The summed E-state index contributed by atoms with van der Waals surface area (Å²) in [5.74, 6) is 0.760. The van der Waals surface area contributed by atoms with E-state index in [0.717, 1.165) is 51.4 Å². The highest BCUT2D eigenvalue weighted by Gasteiger charge is 2.34. The Kier molecular flexibility index (Phi) is 6.80. The van der Waals surface area contributed by atoms with E-state index in [1.54, 1.807) is 11.8 Å². The molecule has 3 aliphatic rings. The molecule has 8 heteroatoms. The molecule has 3 aliphatic heterocycles. The van der Waals surface area contributed by atoms with Gasteiger partial charge >= 0.3 is 0 Å². The number of piperazine rings is 1. The first-order valence-electron chi connectivity index (χ1n) is 9.93. The Morgan fingerprint density at radius 1 is 1.21 bits per heavy atom. The van der Waals surface area contributed by atoms with E-state index in [9.17, 15) is 9.59 Å². The Bertz CT molecular complexity index is 710. The average molecular weight is 409 g/mol. The Morgan fingerprint density at radius 2 is 1.96 bits per heavy atom. The van der Waals surface area contributed by atoms with Crippen molar-refractivity contribution in [3.8, 4) is 5.75 Å². The van der Waals surface area contributed by atoms with E-state index in [2.05, 4.69) is 10.2 Å². The van der Waals surface area contributed by atoms with Crippen molar-refractivity contribution in [1.29, 1.82) is 0 Å². The number of rotatable bonds is 4. The van der Waals surface area contributed by atoms with Gasteiger partial charge in [-0.3, -0.25) is 14.5 Å². The zero-order valence-electron chi connectivity index (χ0n) is 16.3. The fraction of sp³-hybridized carbons (Fsp3) is 0.600. The van der Waals surface area contributed by atoms with E-state index < -0.39 is 6.10 Å². The maximum atomic E-state index is 12.7. The number of benzene rings is 1. The van der Waals surface area contributed by atoms with Crippen LogP contribution in [0.15, 0.2) is 24.3 Å². The zero-order valence-corrected chi connectivity index (χ0v) is 17.1. The molecule has 2 unspecified atom stereocenters. The van der Waals surface area contributed by atoms with Crippen LogP contribution in [-0.2, 0) is 9.59 Å². The van der Waals surface area contributed by atoms with Gasteiger partial charge in [-0.25, -0.2) is 0 Å². The highest BCUT2D eigenvalue weighted by Crippen LogP contribution is 2.33. The van der Waals surface area contributed by atoms with E-state index in [4.69, 9.17) is 4.74 Å². The van der Waals surface area contributed by atoms with Crippen LogP contribution in [0.3, 0.4) is 0 Å². The minimum atomic E-state index is -0.515. The molecule has 1 aromatic rings. The van der Waals surface area contributed by atoms with Crippen LogP contribution in [0.1, 0.15) is 19.8 Å². The first kappa shape index (κ1) is 20.9. The molecule has 0 spiro atoms. The van der Waals surface area contributed by atoms with Gasteiger partial charge in [0.25, 0.3) is 5.91 Å². The van der Waals surface area contributed by atoms with Gasteiger partial charge in [-0.05, 0) is 25.5 Å². The zero-order chi connectivity index (χ0) is 18.8. The number of ether oxygens (including phenoxy) is 1. The minimum absolute atomic E-state index is 0. The number of hydrogen-bond donors (Lipinski definition) is 1. The van der Waals surface area contributed by atoms with Gasteiger partial charge in [0.05, 0.1) is 5.69 Å². The van der Waals surface area contributed by atoms with E-state index >= 15 is 0 Å². The number of nitrogens with zero attached hydrogens (tertiary/aromatic N) is 3. The minimum Gasteiger partial charge on any atom is -0.479 e.